The van der Waals surface area contributed by atoms with E-state index in [-0.39, 0.29) is 0 Å². The molecule has 0 aliphatic carbocycles. The summed E-state index contributed by atoms with van der Waals surface area (Å²) in [6.45, 7) is -0.827. The zero-order valence-electron chi connectivity index (χ0n) is 7.88. The molecular formula is C8H7N3O5. The van der Waals surface area contributed by atoms with Crippen LogP contribution in [0.2, 0.25) is 0 Å². The lowest BCUT2D eigenvalue weighted by molar-refractivity contribution is -0.142. The molecule has 0 unspecified atom stereocenters. The van der Waals surface area contributed by atoms with E-state index in [9.17, 15) is 14.4 Å². The van der Waals surface area contributed by atoms with Crippen LogP contribution in [0.15, 0.2) is 15.8 Å². The normalized spacial score (nSPS) is 11.8. The third-order valence-corrected chi connectivity index (χ3v) is 1.88. The second-order valence-electron chi connectivity index (χ2n) is 2.86. The molecule has 0 saturated heterocycles. The minimum Gasteiger partial charge on any atom is -0.480 e. The molecule has 3 N–H and O–H groups in total. The first-order chi connectivity index (χ1) is 7.51. The Bertz CT molecular complexity index is 564. The summed E-state index contributed by atoms with van der Waals surface area (Å²) in [6, 6.07) is -0.0284. The molecule has 84 valence electrons. The minimum absolute atomic E-state index is 0.403. The van der Waals surface area contributed by atoms with Gasteiger partial charge in [0.05, 0.1) is 6.61 Å². The van der Waals surface area contributed by atoms with Crippen molar-refractivity contribution in [3.8, 4) is 6.07 Å². The van der Waals surface area contributed by atoms with E-state index < -0.39 is 35.4 Å². The predicted molar refractivity (Wildman–Crippen MR) is 49.8 cm³/mol. The molecule has 0 aliphatic heterocycles. The molecule has 16 heavy (non-hydrogen) atoms. The van der Waals surface area contributed by atoms with Gasteiger partial charge in [-0.25, -0.2) is 9.59 Å². The summed E-state index contributed by atoms with van der Waals surface area (Å²) in [6.07, 6.45) is 0.802. The van der Waals surface area contributed by atoms with E-state index in [0.717, 1.165) is 6.20 Å². The number of hydrogen-bond donors (Lipinski definition) is 3. The Morgan fingerprint density at radius 3 is 2.69 bits per heavy atom. The number of hydrogen-bond acceptors (Lipinski definition) is 5. The number of H-pyrrole nitrogens is 1. The monoisotopic (exact) mass is 225 g/mol. The van der Waals surface area contributed by atoms with Crippen molar-refractivity contribution in [2.24, 2.45) is 0 Å². The summed E-state index contributed by atoms with van der Waals surface area (Å²) in [7, 11) is 0. The van der Waals surface area contributed by atoms with Crippen molar-refractivity contribution in [2.75, 3.05) is 6.61 Å². The number of aromatic nitrogens is 2. The summed E-state index contributed by atoms with van der Waals surface area (Å²) in [5.74, 6) is -1.44. The van der Waals surface area contributed by atoms with Crippen LogP contribution in [-0.4, -0.2) is 32.3 Å². The second kappa shape index (κ2) is 4.41. The van der Waals surface area contributed by atoms with E-state index in [1.165, 1.54) is 6.07 Å². The highest BCUT2D eigenvalue weighted by Gasteiger charge is 2.20. The molecule has 0 fully saturated rings. The zero-order valence-corrected chi connectivity index (χ0v) is 7.88. The van der Waals surface area contributed by atoms with Gasteiger partial charge in [0, 0.05) is 6.20 Å². The van der Waals surface area contributed by atoms with Crippen LogP contribution in [0.1, 0.15) is 11.6 Å². The van der Waals surface area contributed by atoms with Gasteiger partial charge in [0.25, 0.3) is 5.56 Å². The number of carboxylic acid groups (broad SMARTS) is 1. The van der Waals surface area contributed by atoms with Gasteiger partial charge in [0.2, 0.25) is 0 Å². The van der Waals surface area contributed by atoms with Crippen molar-refractivity contribution in [1.29, 1.82) is 5.26 Å². The SMILES string of the molecule is N#Cc1cn([C@H](CO)C(=O)O)c(=O)[nH]c1=O. The highest BCUT2D eigenvalue weighted by atomic mass is 16.4. The van der Waals surface area contributed by atoms with Crippen LogP contribution in [-0.2, 0) is 4.79 Å². The number of nitrogens with zero attached hydrogens (tertiary/aromatic N) is 2. The Morgan fingerprint density at radius 2 is 2.25 bits per heavy atom. The van der Waals surface area contributed by atoms with E-state index >= 15 is 0 Å². The van der Waals surface area contributed by atoms with Crippen molar-refractivity contribution >= 4 is 5.97 Å². The van der Waals surface area contributed by atoms with E-state index in [1.807, 2.05) is 0 Å². The molecule has 8 nitrogen and oxygen atoms in total. The van der Waals surface area contributed by atoms with Gasteiger partial charge in [-0.2, -0.15) is 5.26 Å². The zero-order chi connectivity index (χ0) is 12.3. The number of carbonyl (C=O) groups is 1. The maximum Gasteiger partial charge on any atom is 0.329 e. The van der Waals surface area contributed by atoms with Crippen molar-refractivity contribution in [3.05, 3.63) is 32.6 Å². The predicted octanol–water partition coefficient (Wildman–Crippen LogP) is -1.97. The molecular weight excluding hydrogens is 218 g/mol. The second-order valence-corrected chi connectivity index (χ2v) is 2.86. The fourth-order valence-electron chi connectivity index (χ4n) is 1.08. The molecule has 0 radical (unpaired) electrons. The van der Waals surface area contributed by atoms with Crippen LogP contribution >= 0.6 is 0 Å². The van der Waals surface area contributed by atoms with Gasteiger partial charge >= 0.3 is 11.7 Å². The quantitative estimate of drug-likeness (QED) is 0.545. The number of nitriles is 1. The van der Waals surface area contributed by atoms with Crippen molar-refractivity contribution in [1.82, 2.24) is 9.55 Å². The number of aliphatic hydroxyl groups is 1. The van der Waals surface area contributed by atoms with E-state index in [2.05, 4.69) is 0 Å². The first-order valence-electron chi connectivity index (χ1n) is 4.10. The summed E-state index contributed by atoms with van der Waals surface area (Å²) in [5.41, 5.74) is -2.30. The van der Waals surface area contributed by atoms with Crippen LogP contribution in [0.25, 0.3) is 0 Å². The molecule has 0 amide bonds. The van der Waals surface area contributed by atoms with Crippen LogP contribution < -0.4 is 11.2 Å². The van der Waals surface area contributed by atoms with Gasteiger partial charge in [-0.05, 0) is 0 Å². The molecule has 1 aromatic heterocycles. The summed E-state index contributed by atoms with van der Waals surface area (Å²) < 4.78 is 0.586. The summed E-state index contributed by atoms with van der Waals surface area (Å²) in [4.78, 5) is 34.7. The first-order valence-corrected chi connectivity index (χ1v) is 4.10. The molecule has 0 spiro atoms. The number of aliphatic hydroxyl groups excluding tert-OH is 1. The molecule has 1 rings (SSSR count). The standard InChI is InChI=1S/C8H7N3O5/c9-1-4-2-11(5(3-12)7(14)15)8(16)10-6(4)13/h2,5,12H,3H2,(H,14,15)(H,10,13,16)/t5-/m1/s1. The van der Waals surface area contributed by atoms with Gasteiger partial charge in [-0.1, -0.05) is 0 Å². The molecule has 0 saturated carbocycles. The fraction of sp³-hybridized carbons (Fsp3) is 0.250. The molecule has 0 bridgehead atoms. The van der Waals surface area contributed by atoms with Crippen LogP contribution in [0.3, 0.4) is 0 Å². The highest BCUT2D eigenvalue weighted by molar-refractivity contribution is 5.71. The third kappa shape index (κ3) is 1.99. The summed E-state index contributed by atoms with van der Waals surface area (Å²) >= 11 is 0. The Morgan fingerprint density at radius 1 is 1.62 bits per heavy atom. The van der Waals surface area contributed by atoms with Crippen LogP contribution in [0.4, 0.5) is 0 Å². The maximum atomic E-state index is 11.2. The van der Waals surface area contributed by atoms with Gasteiger partial charge in [-0.15, -0.1) is 0 Å². The average molecular weight is 225 g/mol. The maximum absolute atomic E-state index is 11.2. The third-order valence-electron chi connectivity index (χ3n) is 1.88. The lowest BCUT2D eigenvalue weighted by Crippen LogP contribution is -2.37. The van der Waals surface area contributed by atoms with E-state index in [1.54, 1.807) is 4.98 Å². The van der Waals surface area contributed by atoms with Gasteiger partial charge in [0.1, 0.15) is 11.6 Å². The molecule has 0 aliphatic rings. The van der Waals surface area contributed by atoms with Crippen LogP contribution in [0, 0.1) is 11.3 Å². The summed E-state index contributed by atoms with van der Waals surface area (Å²) in [5, 5.41) is 26.0. The fourth-order valence-corrected chi connectivity index (χ4v) is 1.08. The topological polar surface area (TPSA) is 136 Å². The van der Waals surface area contributed by atoms with Gasteiger partial charge in [0.15, 0.2) is 6.04 Å². The average Bonchev–Trinajstić information content (AvgIpc) is 2.21. The Hall–Kier alpha value is -2.40. The Kier molecular flexibility index (Phi) is 3.22. The van der Waals surface area contributed by atoms with E-state index in [4.69, 9.17) is 15.5 Å². The lowest BCUT2D eigenvalue weighted by Gasteiger charge is -2.11. The Labute approximate surface area is 88.0 Å². The molecule has 1 aromatic rings. The minimum atomic E-state index is -1.53. The Balaban J connectivity index is 3.46. The van der Waals surface area contributed by atoms with Gasteiger partial charge < -0.3 is 10.2 Å². The number of rotatable bonds is 3. The van der Waals surface area contributed by atoms with Crippen molar-refractivity contribution in [2.45, 2.75) is 6.04 Å². The lowest BCUT2D eigenvalue weighted by atomic mass is 10.3. The number of aliphatic carboxylic acids is 1. The molecule has 8 heteroatoms. The van der Waals surface area contributed by atoms with Crippen molar-refractivity contribution in [3.63, 3.8) is 0 Å². The largest absolute Gasteiger partial charge is 0.480 e. The number of aromatic amines is 1. The van der Waals surface area contributed by atoms with Gasteiger partial charge in [-0.3, -0.25) is 14.3 Å². The van der Waals surface area contributed by atoms with Crippen molar-refractivity contribution < 1.29 is 15.0 Å². The highest BCUT2D eigenvalue weighted by Crippen LogP contribution is 2.01. The van der Waals surface area contributed by atoms with E-state index in [0.29, 0.717) is 4.57 Å². The molecule has 0 aromatic carbocycles. The molecule has 1 atom stereocenters. The number of nitrogens with one attached hydrogen (secondary N) is 1. The number of carboxylic acids is 1. The molecule has 1 heterocycles. The van der Waals surface area contributed by atoms with Crippen LogP contribution in [0.5, 0.6) is 0 Å². The first kappa shape index (κ1) is 11.7. The smallest absolute Gasteiger partial charge is 0.329 e.